The van der Waals surface area contributed by atoms with Crippen LogP contribution in [0.4, 0.5) is 5.69 Å². The van der Waals surface area contributed by atoms with Gasteiger partial charge < -0.3 is 10.7 Å². The molecular formula is C22H15N9. The van der Waals surface area contributed by atoms with Crippen molar-refractivity contribution in [2.45, 2.75) is 0 Å². The second-order valence-electron chi connectivity index (χ2n) is 7.05. The third kappa shape index (κ3) is 2.87. The summed E-state index contributed by atoms with van der Waals surface area (Å²) in [7, 11) is 0. The molecule has 0 fully saturated rings. The maximum absolute atomic E-state index is 5.88. The summed E-state index contributed by atoms with van der Waals surface area (Å²) in [5, 5.41) is 7.49. The van der Waals surface area contributed by atoms with Crippen LogP contribution >= 0.6 is 0 Å². The van der Waals surface area contributed by atoms with Gasteiger partial charge in [0, 0.05) is 42.1 Å². The molecular weight excluding hydrogens is 390 g/mol. The Bertz CT molecular complexity index is 1550. The number of hydrogen-bond donors (Lipinski definition) is 3. The highest BCUT2D eigenvalue weighted by Gasteiger charge is 2.17. The molecule has 6 aromatic heterocycles. The molecule has 0 atom stereocenters. The first-order chi connectivity index (χ1) is 15.3. The maximum Gasteiger partial charge on any atom is 0.161 e. The van der Waals surface area contributed by atoms with E-state index in [0.29, 0.717) is 22.7 Å². The number of hydrogen-bond acceptors (Lipinski definition) is 7. The van der Waals surface area contributed by atoms with E-state index in [0.717, 1.165) is 39.1 Å². The first-order valence-electron chi connectivity index (χ1n) is 9.58. The molecule has 0 bridgehead atoms. The predicted octanol–water partition coefficient (Wildman–Crippen LogP) is 3.60. The van der Waals surface area contributed by atoms with Crippen molar-refractivity contribution < 1.29 is 0 Å². The van der Waals surface area contributed by atoms with Crippen LogP contribution < -0.4 is 5.73 Å². The van der Waals surface area contributed by atoms with E-state index >= 15 is 0 Å². The molecule has 9 heteroatoms. The van der Waals surface area contributed by atoms with Gasteiger partial charge in [-0.2, -0.15) is 5.10 Å². The fraction of sp³-hybridized carbons (Fsp3) is 0. The van der Waals surface area contributed by atoms with E-state index in [2.05, 4.69) is 30.1 Å². The number of nitrogens with one attached hydrogen (secondary N) is 2. The predicted molar refractivity (Wildman–Crippen MR) is 118 cm³/mol. The number of aromatic nitrogens is 8. The van der Waals surface area contributed by atoms with Crippen molar-refractivity contribution in [3.63, 3.8) is 0 Å². The number of nitrogens with zero attached hydrogens (tertiary/aromatic N) is 6. The van der Waals surface area contributed by atoms with Gasteiger partial charge in [0.15, 0.2) is 11.5 Å². The van der Waals surface area contributed by atoms with Crippen LogP contribution in [0, 0.1) is 0 Å². The lowest BCUT2D eigenvalue weighted by Crippen LogP contribution is -1.90. The highest BCUT2D eigenvalue weighted by atomic mass is 15.2. The highest BCUT2D eigenvalue weighted by Crippen LogP contribution is 2.30. The van der Waals surface area contributed by atoms with Crippen LogP contribution in [0.25, 0.3) is 56.1 Å². The Morgan fingerprint density at radius 2 is 1.61 bits per heavy atom. The van der Waals surface area contributed by atoms with Gasteiger partial charge in [0.2, 0.25) is 0 Å². The van der Waals surface area contributed by atoms with Crippen molar-refractivity contribution in [2.24, 2.45) is 0 Å². The lowest BCUT2D eigenvalue weighted by atomic mass is 10.1. The minimum atomic E-state index is 0.584. The van der Waals surface area contributed by atoms with Gasteiger partial charge in [0.1, 0.15) is 11.0 Å². The number of aromatic amines is 2. The van der Waals surface area contributed by atoms with Gasteiger partial charge in [-0.3, -0.25) is 20.1 Å². The van der Waals surface area contributed by atoms with Crippen LogP contribution in [0.5, 0.6) is 0 Å². The first kappa shape index (κ1) is 17.2. The standard InChI is InChI=1S/C22H15N9/c23-14-9-13(10-25-11-14)15-1-2-17-20(27-15)21(31-30-17)22-28-16-5-8-26-18(19(16)29-22)12-3-6-24-7-4-12/h1-11H,23H2,(H,28,29)(H,30,31). The summed E-state index contributed by atoms with van der Waals surface area (Å²) in [6, 6.07) is 11.4. The largest absolute Gasteiger partial charge is 0.397 e. The van der Waals surface area contributed by atoms with Gasteiger partial charge >= 0.3 is 0 Å². The second kappa shape index (κ2) is 6.70. The number of imidazole rings is 1. The Morgan fingerprint density at radius 3 is 2.48 bits per heavy atom. The highest BCUT2D eigenvalue weighted by molar-refractivity contribution is 5.95. The number of nitrogen functional groups attached to an aromatic ring is 1. The minimum absolute atomic E-state index is 0.584. The van der Waals surface area contributed by atoms with Crippen LogP contribution in [-0.2, 0) is 0 Å². The molecule has 148 valence electrons. The van der Waals surface area contributed by atoms with E-state index in [-0.39, 0.29) is 0 Å². The van der Waals surface area contributed by atoms with Crippen LogP contribution in [0.15, 0.2) is 67.4 Å². The molecule has 0 radical (unpaired) electrons. The van der Waals surface area contributed by atoms with Crippen LogP contribution in [0.3, 0.4) is 0 Å². The molecule has 0 amide bonds. The molecule has 0 saturated heterocycles. The van der Waals surface area contributed by atoms with E-state index < -0.39 is 0 Å². The third-order valence-electron chi connectivity index (χ3n) is 5.04. The van der Waals surface area contributed by atoms with Crippen molar-refractivity contribution in [1.29, 1.82) is 0 Å². The van der Waals surface area contributed by atoms with Gasteiger partial charge in [-0.05, 0) is 36.4 Å². The number of anilines is 1. The Labute approximate surface area is 175 Å². The number of pyridine rings is 4. The summed E-state index contributed by atoms with van der Waals surface area (Å²) < 4.78 is 0. The van der Waals surface area contributed by atoms with E-state index in [4.69, 9.17) is 15.7 Å². The monoisotopic (exact) mass is 405 g/mol. The molecule has 6 rings (SSSR count). The van der Waals surface area contributed by atoms with E-state index in [9.17, 15) is 0 Å². The quantitative estimate of drug-likeness (QED) is 0.409. The summed E-state index contributed by atoms with van der Waals surface area (Å²) in [6.45, 7) is 0. The summed E-state index contributed by atoms with van der Waals surface area (Å²) in [5.41, 5.74) is 13.5. The van der Waals surface area contributed by atoms with Gasteiger partial charge in [-0.1, -0.05) is 0 Å². The zero-order valence-electron chi connectivity index (χ0n) is 16.1. The molecule has 6 aromatic rings. The average Bonchev–Trinajstić information content (AvgIpc) is 3.43. The summed E-state index contributed by atoms with van der Waals surface area (Å²) >= 11 is 0. The Balaban J connectivity index is 1.51. The van der Waals surface area contributed by atoms with Crippen molar-refractivity contribution in [3.8, 4) is 34.0 Å². The molecule has 0 aliphatic carbocycles. The van der Waals surface area contributed by atoms with Gasteiger partial charge in [-0.25, -0.2) is 9.97 Å². The average molecular weight is 405 g/mol. The van der Waals surface area contributed by atoms with E-state index in [1.165, 1.54) is 0 Å². The lowest BCUT2D eigenvalue weighted by Gasteiger charge is -2.02. The molecule has 0 unspecified atom stereocenters. The normalized spacial score (nSPS) is 11.4. The molecule has 0 aromatic carbocycles. The smallest absolute Gasteiger partial charge is 0.161 e. The number of nitrogens with two attached hydrogens (primary N) is 1. The van der Waals surface area contributed by atoms with Gasteiger partial charge in [0.05, 0.1) is 28.1 Å². The summed E-state index contributed by atoms with van der Waals surface area (Å²) in [4.78, 5) is 25.7. The molecule has 0 saturated carbocycles. The van der Waals surface area contributed by atoms with E-state index in [1.807, 2.05) is 36.4 Å². The van der Waals surface area contributed by atoms with Crippen LogP contribution in [0.1, 0.15) is 0 Å². The van der Waals surface area contributed by atoms with E-state index in [1.54, 1.807) is 31.0 Å². The molecule has 6 heterocycles. The van der Waals surface area contributed by atoms with Crippen LogP contribution in [0.2, 0.25) is 0 Å². The molecule has 0 aliphatic rings. The minimum Gasteiger partial charge on any atom is -0.397 e. The first-order valence-corrected chi connectivity index (χ1v) is 9.58. The topological polar surface area (TPSA) is 135 Å². The van der Waals surface area contributed by atoms with Crippen molar-refractivity contribution >= 4 is 27.8 Å². The van der Waals surface area contributed by atoms with Crippen molar-refractivity contribution in [3.05, 3.63) is 67.4 Å². The number of rotatable bonds is 3. The SMILES string of the molecule is Nc1cncc(-c2ccc3[nH]nc(-c4nc5c(-c6ccncc6)nccc5[nH]4)c3n2)c1. The lowest BCUT2D eigenvalue weighted by molar-refractivity contribution is 1.10. The zero-order valence-corrected chi connectivity index (χ0v) is 16.1. The Kier molecular flexibility index (Phi) is 3.72. The Hall–Kier alpha value is -4.66. The summed E-state index contributed by atoms with van der Waals surface area (Å²) in [5.74, 6) is 0.611. The van der Waals surface area contributed by atoms with Crippen molar-refractivity contribution in [1.82, 2.24) is 40.1 Å². The molecule has 4 N–H and O–H groups in total. The molecule has 0 aliphatic heterocycles. The summed E-state index contributed by atoms with van der Waals surface area (Å²) in [6.07, 6.45) is 8.57. The maximum atomic E-state index is 5.88. The fourth-order valence-electron chi connectivity index (χ4n) is 3.59. The van der Waals surface area contributed by atoms with Crippen LogP contribution in [-0.4, -0.2) is 40.1 Å². The van der Waals surface area contributed by atoms with Crippen molar-refractivity contribution in [2.75, 3.05) is 5.73 Å². The molecule has 9 nitrogen and oxygen atoms in total. The molecule has 31 heavy (non-hydrogen) atoms. The molecule has 0 spiro atoms. The zero-order chi connectivity index (χ0) is 20.8. The third-order valence-corrected chi connectivity index (χ3v) is 5.04. The van der Waals surface area contributed by atoms with Gasteiger partial charge in [0.25, 0.3) is 0 Å². The second-order valence-corrected chi connectivity index (χ2v) is 7.05. The Morgan fingerprint density at radius 1 is 0.742 bits per heavy atom. The van der Waals surface area contributed by atoms with Gasteiger partial charge in [-0.15, -0.1) is 0 Å². The fourth-order valence-corrected chi connectivity index (χ4v) is 3.59. The number of fused-ring (bicyclic) bond motifs is 2. The number of H-pyrrole nitrogens is 2.